The van der Waals surface area contributed by atoms with Crippen LogP contribution in [-0.2, 0) is 28.5 Å². The van der Waals surface area contributed by atoms with Crippen molar-refractivity contribution in [1.29, 1.82) is 0 Å². The van der Waals surface area contributed by atoms with Crippen LogP contribution in [-0.4, -0.2) is 30.4 Å². The van der Waals surface area contributed by atoms with Crippen molar-refractivity contribution in [3.8, 4) is 0 Å². The lowest BCUT2D eigenvalue weighted by Crippen LogP contribution is -2.19. The van der Waals surface area contributed by atoms with Crippen molar-refractivity contribution in [1.82, 2.24) is 0 Å². The summed E-state index contributed by atoms with van der Waals surface area (Å²) in [5.74, 6) is -2.24. The molecule has 0 bridgehead atoms. The summed E-state index contributed by atoms with van der Waals surface area (Å²) < 4.78 is 21.1. The Bertz CT molecular complexity index is 748. The van der Waals surface area contributed by atoms with E-state index in [4.69, 9.17) is 42.1 Å². The fraction of sp³-hybridized carbons (Fsp3) is 0.368. The molecule has 1 aromatic rings. The third-order valence-corrected chi connectivity index (χ3v) is 3.86. The van der Waals surface area contributed by atoms with Gasteiger partial charge in [-0.15, -0.1) is 0 Å². The number of carbonyl (C=O) groups excluding carboxylic acids is 2. The average molecular weight is 415 g/mol. The summed E-state index contributed by atoms with van der Waals surface area (Å²) in [6.07, 6.45) is 1.42. The van der Waals surface area contributed by atoms with Gasteiger partial charge in [0.15, 0.2) is 0 Å². The summed E-state index contributed by atoms with van der Waals surface area (Å²) >= 11 is 11.9. The molecule has 0 N–H and O–H groups in total. The zero-order valence-electron chi connectivity index (χ0n) is 15.3. The van der Waals surface area contributed by atoms with Crippen molar-refractivity contribution in [2.45, 2.75) is 46.2 Å². The van der Waals surface area contributed by atoms with Crippen molar-refractivity contribution < 1.29 is 28.5 Å². The minimum absolute atomic E-state index is 0.321. The Hall–Kier alpha value is -2.18. The quantitative estimate of drug-likeness (QED) is 0.638. The van der Waals surface area contributed by atoms with Gasteiger partial charge in [-0.3, -0.25) is 0 Å². The molecule has 8 heteroatoms. The van der Waals surface area contributed by atoms with E-state index in [0.29, 0.717) is 10.0 Å². The molecule has 6 nitrogen and oxygen atoms in total. The van der Waals surface area contributed by atoms with Crippen molar-refractivity contribution >= 4 is 41.2 Å². The molecule has 0 saturated carbocycles. The number of ether oxygens (including phenoxy) is 4. The van der Waals surface area contributed by atoms with Crippen LogP contribution in [0, 0.1) is 0 Å². The van der Waals surface area contributed by atoms with Crippen LogP contribution in [0.1, 0.15) is 33.3 Å². The first-order chi connectivity index (χ1) is 12.7. The smallest absolute Gasteiger partial charge is 0.378 e. The molecule has 0 saturated heterocycles. The predicted octanol–water partition coefficient (Wildman–Crippen LogP) is 4.49. The second kappa shape index (κ2) is 9.15. The molecule has 1 aromatic carbocycles. The third-order valence-electron chi connectivity index (χ3n) is 3.12. The van der Waals surface area contributed by atoms with Crippen LogP contribution < -0.4 is 0 Å². The normalized spacial score (nSPS) is 14.7. The van der Waals surface area contributed by atoms with Crippen molar-refractivity contribution in [2.24, 2.45) is 0 Å². The maximum Gasteiger partial charge on any atom is 0.378 e. The van der Waals surface area contributed by atoms with E-state index < -0.39 is 18.2 Å². The van der Waals surface area contributed by atoms with Gasteiger partial charge in [-0.05, 0) is 51.5 Å². The van der Waals surface area contributed by atoms with E-state index in [0.717, 1.165) is 5.56 Å². The predicted molar refractivity (Wildman–Crippen MR) is 101 cm³/mol. The second-order valence-corrected chi connectivity index (χ2v) is 7.02. The van der Waals surface area contributed by atoms with Crippen LogP contribution in [0.3, 0.4) is 0 Å². The highest BCUT2D eigenvalue weighted by Crippen LogP contribution is 2.27. The van der Waals surface area contributed by atoms with Crippen LogP contribution in [0.15, 0.2) is 35.8 Å². The molecule has 27 heavy (non-hydrogen) atoms. The SMILES string of the molecule is CC(C)OC(=O)C1=C(C(=O)OC(C)C)OC(C=Cc2ccc(Cl)c(Cl)c2)O1. The minimum atomic E-state index is -0.996. The summed E-state index contributed by atoms with van der Waals surface area (Å²) in [6.45, 7) is 6.73. The minimum Gasteiger partial charge on any atom is -0.457 e. The number of hydrogen-bond acceptors (Lipinski definition) is 6. The molecule has 0 unspecified atom stereocenters. The van der Waals surface area contributed by atoms with Crippen LogP contribution in [0.4, 0.5) is 0 Å². The van der Waals surface area contributed by atoms with Gasteiger partial charge in [-0.25, -0.2) is 9.59 Å². The van der Waals surface area contributed by atoms with E-state index >= 15 is 0 Å². The van der Waals surface area contributed by atoms with Crippen molar-refractivity contribution in [3.63, 3.8) is 0 Å². The highest BCUT2D eigenvalue weighted by Gasteiger charge is 2.37. The second-order valence-electron chi connectivity index (χ2n) is 6.20. The number of hydrogen-bond donors (Lipinski definition) is 0. The molecule has 0 aromatic heterocycles. The Morgan fingerprint density at radius 3 is 1.93 bits per heavy atom. The van der Waals surface area contributed by atoms with Crippen LogP contribution >= 0.6 is 23.2 Å². The summed E-state index contributed by atoms with van der Waals surface area (Å²) in [4.78, 5) is 24.4. The van der Waals surface area contributed by atoms with Gasteiger partial charge in [-0.2, -0.15) is 0 Å². The van der Waals surface area contributed by atoms with E-state index in [9.17, 15) is 9.59 Å². The highest BCUT2D eigenvalue weighted by atomic mass is 35.5. The molecule has 0 amide bonds. The molecule has 0 spiro atoms. The number of carbonyl (C=O) groups is 2. The molecular formula is C19H20Cl2O6. The molecule has 1 aliphatic heterocycles. The Morgan fingerprint density at radius 2 is 1.48 bits per heavy atom. The van der Waals surface area contributed by atoms with Crippen LogP contribution in [0.25, 0.3) is 6.08 Å². The van der Waals surface area contributed by atoms with E-state index in [1.807, 2.05) is 0 Å². The first kappa shape index (κ1) is 21.1. The van der Waals surface area contributed by atoms with Gasteiger partial charge in [0.1, 0.15) is 0 Å². The summed E-state index contributed by atoms with van der Waals surface area (Å²) in [5.41, 5.74) is 0.737. The van der Waals surface area contributed by atoms with E-state index in [2.05, 4.69) is 0 Å². The summed E-state index contributed by atoms with van der Waals surface area (Å²) in [6, 6.07) is 5.05. The van der Waals surface area contributed by atoms with E-state index in [-0.39, 0.29) is 23.7 Å². The lowest BCUT2D eigenvalue weighted by molar-refractivity contribution is -0.148. The standard InChI is InChI=1S/C19H20Cl2O6/c1-10(2)24-18(22)16-17(19(23)25-11(3)4)27-15(26-16)8-6-12-5-7-13(20)14(21)9-12/h5-11,15H,1-4H3. The maximum atomic E-state index is 12.2. The lowest BCUT2D eigenvalue weighted by atomic mass is 10.2. The van der Waals surface area contributed by atoms with Crippen molar-refractivity contribution in [2.75, 3.05) is 0 Å². The molecule has 2 rings (SSSR count). The van der Waals surface area contributed by atoms with Gasteiger partial charge < -0.3 is 18.9 Å². The van der Waals surface area contributed by atoms with Gasteiger partial charge in [0.25, 0.3) is 17.8 Å². The molecule has 0 fully saturated rings. The molecule has 1 heterocycles. The number of halogens is 2. The van der Waals surface area contributed by atoms with Crippen LogP contribution in [0.5, 0.6) is 0 Å². The highest BCUT2D eigenvalue weighted by molar-refractivity contribution is 6.42. The topological polar surface area (TPSA) is 71.1 Å². The largest absolute Gasteiger partial charge is 0.457 e. The Balaban J connectivity index is 2.18. The monoisotopic (exact) mass is 414 g/mol. The summed E-state index contributed by atoms with van der Waals surface area (Å²) in [7, 11) is 0. The fourth-order valence-electron chi connectivity index (χ4n) is 2.06. The number of rotatable bonds is 6. The first-order valence-electron chi connectivity index (χ1n) is 8.30. The first-order valence-corrected chi connectivity index (χ1v) is 9.05. The van der Waals surface area contributed by atoms with E-state index in [1.165, 1.54) is 6.08 Å². The summed E-state index contributed by atoms with van der Waals surface area (Å²) in [5, 5.41) is 0.828. The molecular weight excluding hydrogens is 395 g/mol. The molecule has 1 aliphatic rings. The van der Waals surface area contributed by atoms with E-state index in [1.54, 1.807) is 52.0 Å². The Morgan fingerprint density at radius 1 is 0.963 bits per heavy atom. The number of benzene rings is 1. The molecule has 0 radical (unpaired) electrons. The Kier molecular flexibility index (Phi) is 7.16. The van der Waals surface area contributed by atoms with Gasteiger partial charge in [0, 0.05) is 0 Å². The molecule has 146 valence electrons. The van der Waals surface area contributed by atoms with Gasteiger partial charge in [0.2, 0.25) is 0 Å². The average Bonchev–Trinajstić information content (AvgIpc) is 2.99. The maximum absolute atomic E-state index is 12.2. The lowest BCUT2D eigenvalue weighted by Gasteiger charge is -2.09. The molecule has 0 atom stereocenters. The zero-order valence-corrected chi connectivity index (χ0v) is 16.8. The molecule has 0 aliphatic carbocycles. The zero-order chi connectivity index (χ0) is 20.1. The van der Waals surface area contributed by atoms with Gasteiger partial charge >= 0.3 is 11.9 Å². The van der Waals surface area contributed by atoms with Gasteiger partial charge in [-0.1, -0.05) is 35.3 Å². The van der Waals surface area contributed by atoms with Crippen molar-refractivity contribution in [3.05, 3.63) is 51.4 Å². The third kappa shape index (κ3) is 5.91. The number of esters is 2. The van der Waals surface area contributed by atoms with Gasteiger partial charge in [0.05, 0.1) is 22.3 Å². The fourth-order valence-corrected chi connectivity index (χ4v) is 2.37. The van der Waals surface area contributed by atoms with Crippen LogP contribution in [0.2, 0.25) is 10.0 Å². The Labute approximate surface area is 167 Å².